The standard InChI is InChI=1S/C21H26F3N3O2/c1-19(2,15-7-4-5-10-18(15)29-3)12-20(28,21(22,23)24)13-25-16-8-6-9-17-14(16)11-26-27-17/h4-10,25-28H,11-13H2,1-3H3. The Morgan fingerprint density at radius 1 is 1.10 bits per heavy atom. The van der Waals surface area contributed by atoms with E-state index in [1.165, 1.54) is 7.11 Å². The van der Waals surface area contributed by atoms with Gasteiger partial charge in [-0.15, -0.1) is 0 Å². The molecule has 0 saturated carbocycles. The molecule has 1 aliphatic heterocycles. The maximum Gasteiger partial charge on any atom is 0.418 e. The minimum Gasteiger partial charge on any atom is -0.496 e. The molecule has 3 rings (SSSR count). The predicted octanol–water partition coefficient (Wildman–Crippen LogP) is 4.20. The molecule has 0 aliphatic carbocycles. The summed E-state index contributed by atoms with van der Waals surface area (Å²) in [4.78, 5) is 0. The summed E-state index contributed by atoms with van der Waals surface area (Å²) in [5, 5.41) is 13.6. The van der Waals surface area contributed by atoms with E-state index in [1.807, 2.05) is 6.07 Å². The number of rotatable bonds is 7. The van der Waals surface area contributed by atoms with Crippen LogP contribution in [0, 0.1) is 0 Å². The average Bonchev–Trinajstić information content (AvgIpc) is 3.14. The maximum absolute atomic E-state index is 14.0. The fourth-order valence-corrected chi connectivity index (χ4v) is 3.82. The number of hydrazine groups is 1. The second-order valence-corrected chi connectivity index (χ2v) is 7.95. The number of methoxy groups -OCH3 is 1. The van der Waals surface area contributed by atoms with Crippen LogP contribution in [0.2, 0.25) is 0 Å². The summed E-state index contributed by atoms with van der Waals surface area (Å²) in [5.41, 5.74) is 4.78. The molecular formula is C21H26F3N3O2. The zero-order chi connectivity index (χ0) is 21.3. The number of fused-ring (bicyclic) bond motifs is 1. The lowest BCUT2D eigenvalue weighted by molar-refractivity contribution is -0.260. The smallest absolute Gasteiger partial charge is 0.418 e. The number of nitrogens with one attached hydrogen (secondary N) is 3. The minimum atomic E-state index is -4.81. The highest BCUT2D eigenvalue weighted by atomic mass is 19.4. The van der Waals surface area contributed by atoms with Crippen molar-refractivity contribution in [2.75, 3.05) is 24.4 Å². The molecule has 0 fully saturated rings. The van der Waals surface area contributed by atoms with Crippen LogP contribution in [0.1, 0.15) is 31.4 Å². The van der Waals surface area contributed by atoms with Gasteiger partial charge in [0.15, 0.2) is 5.60 Å². The molecule has 0 saturated heterocycles. The molecule has 2 aromatic carbocycles. The molecule has 1 unspecified atom stereocenters. The summed E-state index contributed by atoms with van der Waals surface area (Å²) < 4.78 is 47.2. The van der Waals surface area contributed by atoms with Gasteiger partial charge >= 0.3 is 6.18 Å². The molecule has 0 radical (unpaired) electrons. The van der Waals surface area contributed by atoms with Crippen LogP contribution in [0.4, 0.5) is 24.5 Å². The van der Waals surface area contributed by atoms with E-state index in [1.54, 1.807) is 50.2 Å². The summed E-state index contributed by atoms with van der Waals surface area (Å²) in [6, 6.07) is 12.2. The molecule has 0 bridgehead atoms. The molecule has 158 valence electrons. The third kappa shape index (κ3) is 4.28. The molecule has 0 aromatic heterocycles. The molecule has 29 heavy (non-hydrogen) atoms. The minimum absolute atomic E-state index is 0.482. The number of anilines is 2. The predicted molar refractivity (Wildman–Crippen MR) is 107 cm³/mol. The van der Waals surface area contributed by atoms with Gasteiger partial charge in [0.25, 0.3) is 0 Å². The van der Waals surface area contributed by atoms with Gasteiger partial charge in [0.2, 0.25) is 0 Å². The van der Waals surface area contributed by atoms with Gasteiger partial charge in [0.05, 0.1) is 19.3 Å². The number of halogens is 3. The molecule has 1 atom stereocenters. The van der Waals surface area contributed by atoms with Gasteiger partial charge in [-0.05, 0) is 35.6 Å². The summed E-state index contributed by atoms with van der Waals surface area (Å²) in [5.74, 6) is 0.494. The Morgan fingerprint density at radius 2 is 1.83 bits per heavy atom. The molecule has 0 spiro atoms. The van der Waals surface area contributed by atoms with Crippen molar-refractivity contribution in [3.8, 4) is 5.75 Å². The molecule has 0 amide bonds. The van der Waals surface area contributed by atoms with E-state index >= 15 is 0 Å². The molecule has 4 N–H and O–H groups in total. The fraction of sp³-hybridized carbons (Fsp3) is 0.429. The van der Waals surface area contributed by atoms with Gasteiger partial charge in [-0.2, -0.15) is 13.2 Å². The van der Waals surface area contributed by atoms with Gasteiger partial charge in [0.1, 0.15) is 5.75 Å². The van der Waals surface area contributed by atoms with Crippen molar-refractivity contribution in [3.05, 3.63) is 53.6 Å². The average molecular weight is 409 g/mol. The van der Waals surface area contributed by atoms with Crippen molar-refractivity contribution in [3.63, 3.8) is 0 Å². The number of benzene rings is 2. The van der Waals surface area contributed by atoms with E-state index in [4.69, 9.17) is 4.74 Å². The van der Waals surface area contributed by atoms with Crippen molar-refractivity contribution in [2.24, 2.45) is 0 Å². The van der Waals surface area contributed by atoms with Crippen LogP contribution >= 0.6 is 0 Å². The van der Waals surface area contributed by atoms with Crippen LogP contribution in [-0.4, -0.2) is 30.5 Å². The molecule has 5 nitrogen and oxygen atoms in total. The molecular weight excluding hydrogens is 383 g/mol. The Hall–Kier alpha value is -2.45. The second kappa shape index (κ2) is 7.76. The number of ether oxygens (including phenoxy) is 1. The first-order valence-corrected chi connectivity index (χ1v) is 9.35. The van der Waals surface area contributed by atoms with Crippen molar-refractivity contribution in [2.45, 2.75) is 44.0 Å². The first kappa shape index (κ1) is 21.3. The highest BCUT2D eigenvalue weighted by Gasteiger charge is 2.56. The molecule has 1 aliphatic rings. The van der Waals surface area contributed by atoms with Crippen molar-refractivity contribution >= 4 is 11.4 Å². The lowest BCUT2D eigenvalue weighted by Crippen LogP contribution is -2.53. The third-order valence-corrected chi connectivity index (χ3v) is 5.33. The zero-order valence-electron chi connectivity index (χ0n) is 16.7. The topological polar surface area (TPSA) is 65.5 Å². The van der Waals surface area contributed by atoms with E-state index in [0.717, 1.165) is 11.3 Å². The number of hydrogen-bond donors (Lipinski definition) is 4. The lowest BCUT2D eigenvalue weighted by Gasteiger charge is -2.38. The Kier molecular flexibility index (Phi) is 5.69. The highest BCUT2D eigenvalue weighted by Crippen LogP contribution is 2.43. The van der Waals surface area contributed by atoms with Gasteiger partial charge in [-0.25, -0.2) is 5.43 Å². The lowest BCUT2D eigenvalue weighted by atomic mass is 9.74. The van der Waals surface area contributed by atoms with E-state index < -0.39 is 30.2 Å². The largest absolute Gasteiger partial charge is 0.496 e. The van der Waals surface area contributed by atoms with Crippen LogP contribution in [-0.2, 0) is 12.0 Å². The number of hydrogen-bond acceptors (Lipinski definition) is 5. The Labute approximate surface area is 168 Å². The van der Waals surface area contributed by atoms with Gasteiger partial charge in [-0.1, -0.05) is 38.1 Å². The second-order valence-electron chi connectivity index (χ2n) is 7.95. The molecule has 2 aromatic rings. The maximum atomic E-state index is 14.0. The number of alkyl halides is 3. The van der Waals surface area contributed by atoms with E-state index in [-0.39, 0.29) is 0 Å². The molecule has 1 heterocycles. The van der Waals surface area contributed by atoms with E-state index in [0.29, 0.717) is 23.5 Å². The van der Waals surface area contributed by atoms with Gasteiger partial charge in [0, 0.05) is 17.8 Å². The van der Waals surface area contributed by atoms with Crippen LogP contribution in [0.25, 0.3) is 0 Å². The van der Waals surface area contributed by atoms with Crippen LogP contribution in [0.3, 0.4) is 0 Å². The number of aliphatic hydroxyl groups is 1. The monoisotopic (exact) mass is 409 g/mol. The van der Waals surface area contributed by atoms with Crippen molar-refractivity contribution in [1.29, 1.82) is 0 Å². The first-order valence-electron chi connectivity index (χ1n) is 9.35. The van der Waals surface area contributed by atoms with Crippen LogP contribution in [0.5, 0.6) is 5.75 Å². The van der Waals surface area contributed by atoms with E-state index in [9.17, 15) is 18.3 Å². The number of para-hydroxylation sites is 1. The Bertz CT molecular complexity index is 870. The van der Waals surface area contributed by atoms with E-state index in [2.05, 4.69) is 16.2 Å². The summed E-state index contributed by atoms with van der Waals surface area (Å²) >= 11 is 0. The van der Waals surface area contributed by atoms with Gasteiger partial charge < -0.3 is 20.6 Å². The summed E-state index contributed by atoms with van der Waals surface area (Å²) in [6.07, 6.45) is -5.34. The molecule has 8 heteroatoms. The highest BCUT2D eigenvalue weighted by molar-refractivity contribution is 5.67. The Balaban J connectivity index is 1.86. The summed E-state index contributed by atoms with van der Waals surface area (Å²) in [6.45, 7) is 3.17. The van der Waals surface area contributed by atoms with Gasteiger partial charge in [-0.3, -0.25) is 0 Å². The van der Waals surface area contributed by atoms with Crippen LogP contribution < -0.4 is 20.9 Å². The summed E-state index contributed by atoms with van der Waals surface area (Å²) in [7, 11) is 1.48. The first-order chi connectivity index (χ1) is 13.6. The Morgan fingerprint density at radius 3 is 2.52 bits per heavy atom. The van der Waals surface area contributed by atoms with Crippen molar-refractivity contribution in [1.82, 2.24) is 5.43 Å². The third-order valence-electron chi connectivity index (χ3n) is 5.33. The quantitative estimate of drug-likeness (QED) is 0.552. The fourth-order valence-electron chi connectivity index (χ4n) is 3.82. The SMILES string of the molecule is COc1ccccc1C(C)(C)CC(O)(CNc1cccc2c1CNN2)C(F)(F)F. The van der Waals surface area contributed by atoms with Crippen LogP contribution in [0.15, 0.2) is 42.5 Å². The zero-order valence-corrected chi connectivity index (χ0v) is 16.7. The van der Waals surface area contributed by atoms with Crippen molar-refractivity contribution < 1.29 is 23.0 Å². The normalized spacial score (nSPS) is 16.0.